The molecule has 2 saturated heterocycles. The fourth-order valence-electron chi connectivity index (χ4n) is 10.6. The van der Waals surface area contributed by atoms with Crippen molar-refractivity contribution in [2.75, 3.05) is 49.5 Å². The molecule has 7 heterocycles. The van der Waals surface area contributed by atoms with Crippen molar-refractivity contribution in [3.05, 3.63) is 77.3 Å². The number of pyridine rings is 1. The highest BCUT2D eigenvalue weighted by molar-refractivity contribution is 7.13. The van der Waals surface area contributed by atoms with Crippen LogP contribution in [-0.4, -0.2) is 126 Å². The lowest BCUT2D eigenvalue weighted by Gasteiger charge is -2.42. The van der Waals surface area contributed by atoms with E-state index in [0.29, 0.717) is 75.9 Å². The van der Waals surface area contributed by atoms with Crippen molar-refractivity contribution in [3.8, 4) is 10.4 Å². The van der Waals surface area contributed by atoms with Crippen LogP contribution in [0.5, 0.6) is 0 Å². The highest BCUT2D eigenvalue weighted by Gasteiger charge is 2.45. The second kappa shape index (κ2) is 21.1. The van der Waals surface area contributed by atoms with Gasteiger partial charge in [-0.3, -0.25) is 24.0 Å². The van der Waals surface area contributed by atoms with Gasteiger partial charge in [0, 0.05) is 76.7 Å². The van der Waals surface area contributed by atoms with Gasteiger partial charge in [-0.15, -0.1) is 11.3 Å². The number of fused-ring (bicyclic) bond motifs is 4. The highest BCUT2D eigenvalue weighted by Crippen LogP contribution is 2.40. The van der Waals surface area contributed by atoms with Gasteiger partial charge < -0.3 is 45.6 Å². The van der Waals surface area contributed by atoms with Crippen LogP contribution in [0.15, 0.2) is 60.4 Å². The highest BCUT2D eigenvalue weighted by atomic mass is 32.1. The van der Waals surface area contributed by atoms with E-state index in [0.717, 1.165) is 64.1 Å². The first-order valence-corrected chi connectivity index (χ1v) is 26.0. The number of aliphatic hydroxyl groups is 1. The van der Waals surface area contributed by atoms with Gasteiger partial charge in [-0.05, 0) is 67.3 Å². The Balaban J connectivity index is 0.694. The molecule has 5 amide bonds. The molecule has 3 fully saturated rings. The number of nitrogens with zero attached hydrogens (tertiary/aromatic N) is 8. The summed E-state index contributed by atoms with van der Waals surface area (Å²) < 4.78 is 2.16. The minimum atomic E-state index is -0.906. The molecule has 1 aliphatic carbocycles. The molecule has 5 aromatic rings. The summed E-state index contributed by atoms with van der Waals surface area (Å²) in [4.78, 5) is 92.0. The predicted molar refractivity (Wildman–Crippen MR) is 272 cm³/mol. The molecule has 3 aliphatic heterocycles. The number of hydrogen-bond donors (Lipinski definition) is 5. The topological polar surface area (TPSA) is 220 Å². The lowest BCUT2D eigenvalue weighted by atomic mass is 9.80. The number of carbonyl (C=O) groups is 5. The Morgan fingerprint density at radius 1 is 0.930 bits per heavy atom. The number of aliphatic hydroxyl groups excluding tert-OH is 1. The van der Waals surface area contributed by atoms with E-state index in [1.54, 1.807) is 17.5 Å². The molecular formula is C52H66N12O6S. The molecule has 0 unspecified atom stereocenters. The Labute approximate surface area is 418 Å². The number of thiazole rings is 1. The summed E-state index contributed by atoms with van der Waals surface area (Å²) in [5.74, 6) is 0.0102. The number of carbonyl (C=O) groups excluding carboxylic acids is 5. The molecule has 5 N–H and O–H groups in total. The van der Waals surface area contributed by atoms with Crippen molar-refractivity contribution in [3.63, 3.8) is 0 Å². The number of anilines is 3. The predicted octanol–water partition coefficient (Wildman–Crippen LogP) is 5.81. The van der Waals surface area contributed by atoms with Crippen molar-refractivity contribution in [1.29, 1.82) is 0 Å². The first-order chi connectivity index (χ1) is 34.2. The van der Waals surface area contributed by atoms with Crippen LogP contribution in [-0.2, 0) is 31.3 Å². The SMILES string of the molecule is Cc1ncsc1-c1ccc(CNC(=O)[C@@H]2C[C@@H](O)CN2C(=O)[C@@H](NC(=O)CCCCCC(=O)N2CCN(c3ccc(Nc4ncc5cc6n(c5n4)C4(CCCCC4)CNC6=O)nc3)CC2)C(C)(C)C)cc1. The van der Waals surface area contributed by atoms with Gasteiger partial charge in [0.25, 0.3) is 5.91 Å². The molecule has 18 nitrogen and oxygen atoms in total. The maximum Gasteiger partial charge on any atom is 0.268 e. The van der Waals surface area contributed by atoms with Crippen LogP contribution in [0.3, 0.4) is 0 Å². The number of amides is 5. The van der Waals surface area contributed by atoms with E-state index < -0.39 is 29.5 Å². The Morgan fingerprint density at radius 3 is 2.39 bits per heavy atom. The smallest absolute Gasteiger partial charge is 0.268 e. The monoisotopic (exact) mass is 986 g/mol. The Morgan fingerprint density at radius 2 is 1.69 bits per heavy atom. The molecule has 4 aromatic heterocycles. The zero-order valence-electron chi connectivity index (χ0n) is 41.2. The summed E-state index contributed by atoms with van der Waals surface area (Å²) in [7, 11) is 0. The molecule has 1 spiro atoms. The van der Waals surface area contributed by atoms with Crippen LogP contribution in [0.25, 0.3) is 21.5 Å². The van der Waals surface area contributed by atoms with Gasteiger partial charge in [0.05, 0.1) is 39.6 Å². The van der Waals surface area contributed by atoms with Crippen molar-refractivity contribution in [2.45, 2.75) is 129 Å². The van der Waals surface area contributed by atoms with E-state index in [9.17, 15) is 29.1 Å². The van der Waals surface area contributed by atoms with Crippen LogP contribution in [0, 0.1) is 12.3 Å². The number of aryl methyl sites for hydroxylation is 1. The molecule has 1 aromatic carbocycles. The third-order valence-electron chi connectivity index (χ3n) is 14.6. The zero-order valence-corrected chi connectivity index (χ0v) is 42.0. The van der Waals surface area contributed by atoms with Gasteiger partial charge in [-0.25, -0.2) is 15.0 Å². The molecule has 71 heavy (non-hydrogen) atoms. The normalized spacial score (nSPS) is 19.3. The van der Waals surface area contributed by atoms with Gasteiger partial charge >= 0.3 is 0 Å². The summed E-state index contributed by atoms with van der Waals surface area (Å²) in [6.45, 7) is 11.0. The van der Waals surface area contributed by atoms with Crippen LogP contribution in [0.1, 0.15) is 113 Å². The molecule has 0 radical (unpaired) electrons. The van der Waals surface area contributed by atoms with Gasteiger partial charge in [0.15, 0.2) is 0 Å². The van der Waals surface area contributed by atoms with E-state index in [1.807, 2.05) is 86.8 Å². The first kappa shape index (κ1) is 49.5. The fourth-order valence-corrected chi connectivity index (χ4v) is 11.4. The molecule has 1 saturated carbocycles. The van der Waals surface area contributed by atoms with E-state index in [1.165, 1.54) is 11.3 Å². The summed E-state index contributed by atoms with van der Waals surface area (Å²) in [5.41, 5.74) is 6.27. The third-order valence-corrected chi connectivity index (χ3v) is 15.6. The minimum absolute atomic E-state index is 0.00382. The Bertz CT molecular complexity index is 2740. The second-order valence-corrected chi connectivity index (χ2v) is 21.6. The fraction of sp³-hybridized carbons (Fsp3) is 0.519. The van der Waals surface area contributed by atoms with Crippen molar-refractivity contribution >= 4 is 69.4 Å². The Hall–Kier alpha value is -6.47. The quantitative estimate of drug-likeness (QED) is 0.0785. The minimum Gasteiger partial charge on any atom is -0.391 e. The molecule has 4 aliphatic rings. The van der Waals surface area contributed by atoms with E-state index in [2.05, 4.69) is 45.7 Å². The molecule has 19 heteroatoms. The van der Waals surface area contributed by atoms with Crippen LogP contribution in [0.2, 0.25) is 0 Å². The van der Waals surface area contributed by atoms with Crippen molar-refractivity contribution in [1.82, 2.24) is 50.3 Å². The van der Waals surface area contributed by atoms with Crippen LogP contribution >= 0.6 is 11.3 Å². The number of hydrogen-bond acceptors (Lipinski definition) is 13. The lowest BCUT2D eigenvalue weighted by Crippen LogP contribution is -2.57. The molecule has 3 atom stereocenters. The third kappa shape index (κ3) is 11.1. The molecule has 0 bridgehead atoms. The molecule has 376 valence electrons. The van der Waals surface area contributed by atoms with E-state index in [-0.39, 0.29) is 55.1 Å². The summed E-state index contributed by atoms with van der Waals surface area (Å²) >= 11 is 1.58. The summed E-state index contributed by atoms with van der Waals surface area (Å²) in [6.07, 6.45) is 10.7. The van der Waals surface area contributed by atoms with Crippen LogP contribution < -0.4 is 26.2 Å². The van der Waals surface area contributed by atoms with Gasteiger partial charge in [0.1, 0.15) is 29.2 Å². The average molecular weight is 987 g/mol. The van der Waals surface area contributed by atoms with Gasteiger partial charge in [0.2, 0.25) is 29.6 Å². The number of β-amino-alcohol motifs (C(OH)–C–C–N with tert-alkyl or cyclic N) is 1. The largest absolute Gasteiger partial charge is 0.391 e. The number of likely N-dealkylation sites (tertiary alicyclic amines) is 1. The number of piperazine rings is 1. The number of nitrogens with one attached hydrogen (secondary N) is 4. The van der Waals surface area contributed by atoms with Gasteiger partial charge in [-0.1, -0.05) is 70.7 Å². The second-order valence-electron chi connectivity index (χ2n) is 20.7. The number of benzene rings is 1. The Kier molecular flexibility index (Phi) is 14.7. The lowest BCUT2D eigenvalue weighted by molar-refractivity contribution is -0.144. The van der Waals surface area contributed by atoms with E-state index >= 15 is 0 Å². The van der Waals surface area contributed by atoms with Crippen LogP contribution in [0.4, 0.5) is 17.5 Å². The summed E-state index contributed by atoms with van der Waals surface area (Å²) in [6, 6.07) is 11.9. The first-order valence-electron chi connectivity index (χ1n) is 25.1. The zero-order chi connectivity index (χ0) is 49.9. The number of rotatable bonds is 15. The van der Waals surface area contributed by atoms with Crippen molar-refractivity contribution in [2.24, 2.45) is 5.41 Å². The summed E-state index contributed by atoms with van der Waals surface area (Å²) in [5, 5.41) is 23.7. The van der Waals surface area contributed by atoms with E-state index in [4.69, 9.17) is 4.98 Å². The van der Waals surface area contributed by atoms with Gasteiger partial charge in [-0.2, -0.15) is 4.98 Å². The molecule has 9 rings (SSSR count). The standard InChI is InChI=1S/C52H66N12O6S/c1-33-44(71-32-57-33)35-15-13-34(14-16-35)27-54-47(68)39-26-38(65)30-63(39)49(70)45(51(2,3)4)59-42(66)11-7-5-8-12-43(67)62-23-21-61(22-24-62)37-17-18-41(53-29-37)58-50-55-28-36-25-40-48(69)56-31-52(19-9-6-10-20-52)64(40)46(36)60-50/h13-18,25,28-29,32,38-39,45,65H,5-12,19-24,26-27,30-31H2,1-4H3,(H,54,68)(H,56,69)(H,59,66)(H,53,55,58,60)/t38-,39+,45-/m1/s1. The maximum atomic E-state index is 14.1. The average Bonchev–Trinajstić information content (AvgIpc) is 4.10. The maximum absolute atomic E-state index is 14.1. The number of aromatic nitrogens is 5. The van der Waals surface area contributed by atoms with Crippen molar-refractivity contribution < 1.29 is 29.1 Å². The number of unbranched alkanes of at least 4 members (excludes halogenated alkanes) is 2. The molecular weight excluding hydrogens is 921 g/mol.